The van der Waals surface area contributed by atoms with Gasteiger partial charge in [0.25, 0.3) is 0 Å². The van der Waals surface area contributed by atoms with E-state index >= 15 is 0 Å². The van der Waals surface area contributed by atoms with Crippen LogP contribution in [0.15, 0.2) is 0 Å². The molecule has 0 saturated carbocycles. The fraction of sp³-hybridized carbons (Fsp3) is 1.00. The van der Waals surface area contributed by atoms with Crippen molar-refractivity contribution in [3.05, 3.63) is 0 Å². The maximum atomic E-state index is 8.92. The van der Waals surface area contributed by atoms with Crippen molar-refractivity contribution >= 4 is 0 Å². The highest BCUT2D eigenvalue weighted by Gasteiger charge is 2.06. The Kier molecular flexibility index (Phi) is 2.27. The van der Waals surface area contributed by atoms with Gasteiger partial charge in [-0.25, -0.2) is 5.48 Å². The molecule has 1 unspecified atom stereocenters. The summed E-state index contributed by atoms with van der Waals surface area (Å²) >= 11 is 0. The van der Waals surface area contributed by atoms with Crippen LogP contribution in [0.4, 0.5) is 0 Å². The van der Waals surface area contributed by atoms with Crippen LogP contribution in [0.2, 0.25) is 0 Å². The summed E-state index contributed by atoms with van der Waals surface area (Å²) in [4.78, 5) is 4.81. The summed E-state index contributed by atoms with van der Waals surface area (Å²) in [5, 5.41) is 8.92. The van der Waals surface area contributed by atoms with E-state index in [-0.39, 0.29) is 6.10 Å². The van der Waals surface area contributed by atoms with Crippen molar-refractivity contribution < 1.29 is 9.94 Å². The summed E-state index contributed by atoms with van der Waals surface area (Å²) in [7, 11) is 0. The van der Waals surface area contributed by atoms with Crippen LogP contribution in [-0.2, 0) is 4.84 Å². The lowest BCUT2D eigenvalue weighted by molar-refractivity contribution is -0.00194. The van der Waals surface area contributed by atoms with Crippen LogP contribution in [0.5, 0.6) is 0 Å². The van der Waals surface area contributed by atoms with Gasteiger partial charge in [-0.1, -0.05) is 0 Å². The Morgan fingerprint density at radius 3 is 3.38 bits per heavy atom. The fourth-order valence-corrected chi connectivity index (χ4v) is 0.720. The van der Waals surface area contributed by atoms with Crippen molar-refractivity contribution in [2.75, 3.05) is 13.2 Å². The van der Waals surface area contributed by atoms with E-state index in [4.69, 9.17) is 9.94 Å². The summed E-state index contributed by atoms with van der Waals surface area (Å²) in [5.41, 5.74) is 2.72. The Hall–Kier alpha value is -0.120. The lowest BCUT2D eigenvalue weighted by atomic mass is 10.2. The number of hydroxylamine groups is 1. The van der Waals surface area contributed by atoms with Crippen LogP contribution in [0.3, 0.4) is 0 Å². The third-order valence-corrected chi connectivity index (χ3v) is 1.19. The first-order chi connectivity index (χ1) is 3.89. The second-order valence-electron chi connectivity index (χ2n) is 2.00. The Bertz CT molecular complexity index is 59.4. The molecule has 0 bridgehead atoms. The van der Waals surface area contributed by atoms with Crippen LogP contribution >= 0.6 is 0 Å². The highest BCUT2D eigenvalue weighted by molar-refractivity contribution is 4.56. The molecule has 1 saturated heterocycles. The molecule has 1 atom stereocenters. The molecule has 0 aromatic rings. The average molecular weight is 117 g/mol. The first-order valence-electron chi connectivity index (χ1n) is 2.92. The minimum atomic E-state index is -0.259. The second-order valence-corrected chi connectivity index (χ2v) is 2.00. The van der Waals surface area contributed by atoms with Gasteiger partial charge < -0.3 is 5.11 Å². The number of hydrogen-bond acceptors (Lipinski definition) is 3. The molecule has 8 heavy (non-hydrogen) atoms. The Morgan fingerprint density at radius 1 is 1.62 bits per heavy atom. The first-order valence-corrected chi connectivity index (χ1v) is 2.92. The summed E-state index contributed by atoms with van der Waals surface area (Å²) < 4.78 is 0. The van der Waals surface area contributed by atoms with Crippen molar-refractivity contribution in [2.24, 2.45) is 0 Å². The third kappa shape index (κ3) is 1.78. The first kappa shape index (κ1) is 6.01. The predicted octanol–water partition coefficient (Wildman–Crippen LogP) is -0.338. The van der Waals surface area contributed by atoms with Crippen molar-refractivity contribution in [2.45, 2.75) is 18.9 Å². The molecule has 0 spiro atoms. The molecule has 0 radical (unpaired) electrons. The molecule has 1 heterocycles. The van der Waals surface area contributed by atoms with Crippen LogP contribution in [-0.4, -0.2) is 24.4 Å². The van der Waals surface area contributed by atoms with E-state index in [2.05, 4.69) is 5.48 Å². The summed E-state index contributed by atoms with van der Waals surface area (Å²) in [5.74, 6) is 0. The SMILES string of the molecule is OC1CCCNOC1. The van der Waals surface area contributed by atoms with Gasteiger partial charge in [-0.3, -0.25) is 4.84 Å². The molecule has 3 nitrogen and oxygen atoms in total. The molecule has 0 aromatic heterocycles. The van der Waals surface area contributed by atoms with Gasteiger partial charge in [-0.2, -0.15) is 0 Å². The second kappa shape index (κ2) is 3.02. The molecule has 48 valence electrons. The summed E-state index contributed by atoms with van der Waals surface area (Å²) in [6, 6.07) is 0. The van der Waals surface area contributed by atoms with E-state index in [0.717, 1.165) is 19.4 Å². The molecule has 0 aromatic carbocycles. The number of hydrogen-bond donors (Lipinski definition) is 2. The van der Waals surface area contributed by atoms with Gasteiger partial charge in [0.1, 0.15) is 0 Å². The molecule has 0 aliphatic carbocycles. The van der Waals surface area contributed by atoms with Gasteiger partial charge in [0.2, 0.25) is 0 Å². The monoisotopic (exact) mass is 117 g/mol. The summed E-state index contributed by atoms with van der Waals surface area (Å²) in [6.45, 7) is 1.29. The van der Waals surface area contributed by atoms with Gasteiger partial charge in [-0.05, 0) is 12.8 Å². The topological polar surface area (TPSA) is 41.5 Å². The average Bonchev–Trinajstić information content (AvgIpc) is 1.94. The molecular weight excluding hydrogens is 106 g/mol. The fourth-order valence-electron chi connectivity index (χ4n) is 0.720. The third-order valence-electron chi connectivity index (χ3n) is 1.19. The number of nitrogens with one attached hydrogen (secondary N) is 1. The van der Waals surface area contributed by atoms with E-state index in [9.17, 15) is 0 Å². The van der Waals surface area contributed by atoms with Gasteiger partial charge >= 0.3 is 0 Å². The van der Waals surface area contributed by atoms with Crippen molar-refractivity contribution in [3.63, 3.8) is 0 Å². The quantitative estimate of drug-likeness (QED) is 0.456. The molecule has 3 heteroatoms. The number of aliphatic hydroxyl groups excluding tert-OH is 1. The van der Waals surface area contributed by atoms with E-state index in [0.29, 0.717) is 6.61 Å². The van der Waals surface area contributed by atoms with Gasteiger partial charge in [0.15, 0.2) is 0 Å². The van der Waals surface area contributed by atoms with E-state index in [1.807, 2.05) is 0 Å². The maximum absolute atomic E-state index is 8.92. The lowest BCUT2D eigenvalue weighted by Gasteiger charge is -2.01. The zero-order valence-electron chi connectivity index (χ0n) is 4.76. The van der Waals surface area contributed by atoms with Gasteiger partial charge in [-0.15, -0.1) is 0 Å². The standard InChI is InChI=1S/C5H11NO2/c7-5-2-1-3-6-8-4-5/h5-7H,1-4H2. The smallest absolute Gasteiger partial charge is 0.0941 e. The minimum absolute atomic E-state index is 0.259. The minimum Gasteiger partial charge on any atom is -0.391 e. The highest BCUT2D eigenvalue weighted by atomic mass is 16.6. The van der Waals surface area contributed by atoms with Crippen LogP contribution in [0, 0.1) is 0 Å². The Balaban J connectivity index is 2.17. The van der Waals surface area contributed by atoms with Crippen LogP contribution < -0.4 is 5.48 Å². The zero-order valence-corrected chi connectivity index (χ0v) is 4.76. The predicted molar refractivity (Wildman–Crippen MR) is 29.2 cm³/mol. The zero-order chi connectivity index (χ0) is 5.82. The Morgan fingerprint density at radius 2 is 2.50 bits per heavy atom. The van der Waals surface area contributed by atoms with Crippen molar-refractivity contribution in [3.8, 4) is 0 Å². The molecular formula is C5H11NO2. The van der Waals surface area contributed by atoms with Crippen molar-refractivity contribution in [1.29, 1.82) is 0 Å². The molecule has 1 aliphatic heterocycles. The maximum Gasteiger partial charge on any atom is 0.0941 e. The molecule has 0 amide bonds. The largest absolute Gasteiger partial charge is 0.391 e. The normalized spacial score (nSPS) is 31.9. The van der Waals surface area contributed by atoms with E-state index in [1.165, 1.54) is 0 Å². The Labute approximate surface area is 48.6 Å². The van der Waals surface area contributed by atoms with Crippen LogP contribution in [0.1, 0.15) is 12.8 Å². The molecule has 1 rings (SSSR count). The number of aliphatic hydroxyl groups is 1. The van der Waals surface area contributed by atoms with Crippen LogP contribution in [0.25, 0.3) is 0 Å². The molecule has 1 aliphatic rings. The van der Waals surface area contributed by atoms with Gasteiger partial charge in [0, 0.05) is 6.54 Å². The van der Waals surface area contributed by atoms with Gasteiger partial charge in [0.05, 0.1) is 12.7 Å². The summed E-state index contributed by atoms with van der Waals surface area (Å²) in [6.07, 6.45) is 1.60. The van der Waals surface area contributed by atoms with Crippen molar-refractivity contribution in [1.82, 2.24) is 5.48 Å². The highest BCUT2D eigenvalue weighted by Crippen LogP contribution is 1.98. The number of rotatable bonds is 0. The van der Waals surface area contributed by atoms with E-state index < -0.39 is 0 Å². The lowest BCUT2D eigenvalue weighted by Crippen LogP contribution is -2.17. The van der Waals surface area contributed by atoms with E-state index in [1.54, 1.807) is 0 Å². The molecule has 2 N–H and O–H groups in total. The molecule has 1 fully saturated rings.